The number of likely N-dealkylation sites (tertiary alicyclic amines) is 1. The predicted octanol–water partition coefficient (Wildman–Crippen LogP) is 3.85. The van der Waals surface area contributed by atoms with Crippen LogP contribution in [0.3, 0.4) is 0 Å². The first-order valence-corrected chi connectivity index (χ1v) is 9.91. The lowest BCUT2D eigenvalue weighted by molar-refractivity contribution is 0.0918. The lowest BCUT2D eigenvalue weighted by atomic mass is 10.2. The van der Waals surface area contributed by atoms with E-state index in [0.717, 1.165) is 34.4 Å². The fourth-order valence-corrected chi connectivity index (χ4v) is 4.15. The molecule has 1 aliphatic rings. The molecule has 3 heterocycles. The van der Waals surface area contributed by atoms with Crippen LogP contribution in [0.2, 0.25) is 0 Å². The van der Waals surface area contributed by atoms with Crippen LogP contribution in [0.4, 0.5) is 0 Å². The van der Waals surface area contributed by atoms with E-state index in [0.29, 0.717) is 6.61 Å². The number of hydrogen-bond acceptors (Lipinski definition) is 5. The molecule has 4 rings (SSSR count). The van der Waals surface area contributed by atoms with E-state index in [-0.39, 0.29) is 0 Å². The first-order valence-electron chi connectivity index (χ1n) is 9.09. The highest BCUT2D eigenvalue weighted by Gasteiger charge is 2.11. The average Bonchev–Trinajstić information content (AvgIpc) is 3.09. The number of nitrogens with zero attached hydrogens (tertiary/aromatic N) is 4. The Bertz CT molecular complexity index is 759. The van der Waals surface area contributed by atoms with Crippen LogP contribution in [0.5, 0.6) is 0 Å². The average molecular weight is 356 g/mol. The Hall–Kier alpha value is -1.76. The molecular weight excluding hydrogens is 332 g/mol. The molecule has 1 aliphatic heterocycles. The van der Waals surface area contributed by atoms with Crippen molar-refractivity contribution < 1.29 is 4.74 Å². The molecule has 0 atom stereocenters. The van der Waals surface area contributed by atoms with Crippen molar-refractivity contribution in [3.8, 4) is 10.6 Å². The van der Waals surface area contributed by atoms with Gasteiger partial charge in [-0.15, -0.1) is 0 Å². The van der Waals surface area contributed by atoms with Gasteiger partial charge in [0.2, 0.25) is 4.96 Å². The smallest absolute Gasteiger partial charge is 0.212 e. The maximum absolute atomic E-state index is 5.84. The summed E-state index contributed by atoms with van der Waals surface area (Å²) in [6.45, 7) is 4.79. The van der Waals surface area contributed by atoms with Gasteiger partial charge in [-0.3, -0.25) is 0 Å². The second-order valence-corrected chi connectivity index (χ2v) is 7.50. The Morgan fingerprint density at radius 1 is 1.04 bits per heavy atom. The molecule has 0 spiro atoms. The summed E-state index contributed by atoms with van der Waals surface area (Å²) in [5.74, 6) is 0. The van der Waals surface area contributed by atoms with Crippen molar-refractivity contribution in [1.82, 2.24) is 19.5 Å². The molecule has 0 bridgehead atoms. The summed E-state index contributed by atoms with van der Waals surface area (Å²) in [5.41, 5.74) is 2.09. The number of rotatable bonds is 6. The molecule has 6 heteroatoms. The van der Waals surface area contributed by atoms with Crippen LogP contribution < -0.4 is 0 Å². The molecule has 1 saturated heterocycles. The van der Waals surface area contributed by atoms with Gasteiger partial charge in [0.05, 0.1) is 25.1 Å². The molecule has 3 aromatic rings. The highest BCUT2D eigenvalue weighted by molar-refractivity contribution is 7.19. The normalized spacial score (nSPS) is 16.3. The van der Waals surface area contributed by atoms with Crippen LogP contribution in [0.15, 0.2) is 36.5 Å². The quantitative estimate of drug-likeness (QED) is 0.629. The maximum atomic E-state index is 5.84. The van der Waals surface area contributed by atoms with E-state index in [2.05, 4.69) is 27.1 Å². The third-order valence-electron chi connectivity index (χ3n) is 4.61. The molecule has 0 radical (unpaired) electrons. The van der Waals surface area contributed by atoms with Gasteiger partial charge in [-0.25, -0.2) is 9.50 Å². The van der Waals surface area contributed by atoms with Crippen molar-refractivity contribution in [2.45, 2.75) is 32.3 Å². The fraction of sp³-hybridized carbons (Fsp3) is 0.474. The Morgan fingerprint density at radius 3 is 2.60 bits per heavy atom. The summed E-state index contributed by atoms with van der Waals surface area (Å²) in [6, 6.07) is 10.2. The van der Waals surface area contributed by atoms with Crippen LogP contribution >= 0.6 is 11.3 Å². The van der Waals surface area contributed by atoms with Crippen molar-refractivity contribution in [3.63, 3.8) is 0 Å². The lowest BCUT2D eigenvalue weighted by Crippen LogP contribution is -2.28. The summed E-state index contributed by atoms with van der Waals surface area (Å²) in [4.78, 5) is 8.08. The zero-order valence-electron chi connectivity index (χ0n) is 14.4. The van der Waals surface area contributed by atoms with E-state index in [1.54, 1.807) is 11.3 Å². The molecule has 2 aromatic heterocycles. The molecule has 25 heavy (non-hydrogen) atoms. The third-order valence-corrected chi connectivity index (χ3v) is 5.59. The summed E-state index contributed by atoms with van der Waals surface area (Å²) in [7, 11) is 0. The van der Waals surface area contributed by atoms with Crippen molar-refractivity contribution in [1.29, 1.82) is 0 Å². The van der Waals surface area contributed by atoms with Gasteiger partial charge in [-0.05, 0) is 25.9 Å². The van der Waals surface area contributed by atoms with Crippen LogP contribution in [-0.2, 0) is 11.3 Å². The molecule has 0 aliphatic carbocycles. The van der Waals surface area contributed by atoms with Crippen LogP contribution in [0.1, 0.15) is 31.4 Å². The largest absolute Gasteiger partial charge is 0.374 e. The molecule has 132 valence electrons. The number of hydrogen-bond donors (Lipinski definition) is 0. The zero-order chi connectivity index (χ0) is 16.9. The van der Waals surface area contributed by atoms with Crippen molar-refractivity contribution in [2.24, 2.45) is 0 Å². The van der Waals surface area contributed by atoms with Crippen molar-refractivity contribution >= 4 is 16.3 Å². The van der Waals surface area contributed by atoms with Gasteiger partial charge in [-0.1, -0.05) is 54.5 Å². The highest BCUT2D eigenvalue weighted by atomic mass is 32.1. The van der Waals surface area contributed by atoms with Gasteiger partial charge < -0.3 is 9.64 Å². The third kappa shape index (κ3) is 4.26. The second-order valence-electron chi connectivity index (χ2n) is 6.54. The molecule has 0 N–H and O–H groups in total. The Morgan fingerprint density at radius 2 is 1.84 bits per heavy atom. The molecule has 1 aromatic carbocycles. The molecule has 5 nitrogen and oxygen atoms in total. The number of ether oxygens (including phenoxy) is 1. The molecule has 0 amide bonds. The number of aromatic nitrogens is 3. The Labute approximate surface area is 152 Å². The van der Waals surface area contributed by atoms with E-state index in [9.17, 15) is 0 Å². The summed E-state index contributed by atoms with van der Waals surface area (Å²) in [5, 5.41) is 5.62. The van der Waals surface area contributed by atoms with Gasteiger partial charge in [-0.2, -0.15) is 5.10 Å². The number of benzene rings is 1. The lowest BCUT2D eigenvalue weighted by Gasteiger charge is -2.19. The van der Waals surface area contributed by atoms with Gasteiger partial charge in [0.15, 0.2) is 0 Å². The van der Waals surface area contributed by atoms with Crippen LogP contribution in [-0.4, -0.2) is 45.7 Å². The first-order chi connectivity index (χ1) is 12.4. The van der Waals surface area contributed by atoms with Crippen molar-refractivity contribution in [3.05, 3.63) is 42.2 Å². The molecular formula is C19H24N4OS. The van der Waals surface area contributed by atoms with Gasteiger partial charge in [0.1, 0.15) is 5.01 Å². The molecule has 1 fully saturated rings. The zero-order valence-corrected chi connectivity index (χ0v) is 15.2. The monoisotopic (exact) mass is 356 g/mol. The van der Waals surface area contributed by atoms with Gasteiger partial charge in [0, 0.05) is 12.1 Å². The number of fused-ring (bicyclic) bond motifs is 1. The van der Waals surface area contributed by atoms with Crippen LogP contribution in [0, 0.1) is 0 Å². The maximum Gasteiger partial charge on any atom is 0.212 e. The minimum absolute atomic E-state index is 0.560. The summed E-state index contributed by atoms with van der Waals surface area (Å²) >= 11 is 1.61. The van der Waals surface area contributed by atoms with E-state index >= 15 is 0 Å². The second kappa shape index (κ2) is 8.08. The SMILES string of the molecule is c1ccc(-c2nn3cc(COCCN4CCCCCC4)nc3s2)cc1. The first kappa shape index (κ1) is 16.7. The topological polar surface area (TPSA) is 42.7 Å². The molecule has 0 saturated carbocycles. The van der Waals surface area contributed by atoms with E-state index < -0.39 is 0 Å². The number of imidazole rings is 1. The highest BCUT2D eigenvalue weighted by Crippen LogP contribution is 2.25. The predicted molar refractivity (Wildman–Crippen MR) is 101 cm³/mol. The Kier molecular flexibility index (Phi) is 5.40. The van der Waals surface area contributed by atoms with Gasteiger partial charge in [0.25, 0.3) is 0 Å². The van der Waals surface area contributed by atoms with E-state index in [1.165, 1.54) is 38.8 Å². The van der Waals surface area contributed by atoms with E-state index in [1.807, 2.05) is 28.9 Å². The van der Waals surface area contributed by atoms with E-state index in [4.69, 9.17) is 4.74 Å². The van der Waals surface area contributed by atoms with Crippen LogP contribution in [0.25, 0.3) is 15.5 Å². The minimum Gasteiger partial charge on any atom is -0.374 e. The summed E-state index contributed by atoms with van der Waals surface area (Å²) in [6.07, 6.45) is 7.38. The van der Waals surface area contributed by atoms with Crippen molar-refractivity contribution in [2.75, 3.05) is 26.2 Å². The van der Waals surface area contributed by atoms with Gasteiger partial charge >= 0.3 is 0 Å². The summed E-state index contributed by atoms with van der Waals surface area (Å²) < 4.78 is 7.70. The molecule has 0 unspecified atom stereocenters. The minimum atomic E-state index is 0.560. The fourth-order valence-electron chi connectivity index (χ4n) is 3.24. The standard InChI is InChI=1S/C19H24N4OS/c1-2-7-11-22(10-6-1)12-13-24-15-17-14-23-19(20-17)25-18(21-23)16-8-4-3-5-9-16/h3-5,8-9,14H,1-2,6-7,10-13,15H2. The Balaban J connectivity index is 1.29.